The Hall–Kier alpha value is -0.960. The molecule has 17 heavy (non-hydrogen) atoms. The van der Waals surface area contributed by atoms with Crippen LogP contribution in [-0.4, -0.2) is 9.97 Å². The molecule has 1 heterocycles. The summed E-state index contributed by atoms with van der Waals surface area (Å²) in [5.41, 5.74) is 7.99. The van der Waals surface area contributed by atoms with Crippen LogP contribution in [0.1, 0.15) is 77.0 Å². The van der Waals surface area contributed by atoms with Crippen molar-refractivity contribution < 1.29 is 0 Å². The largest absolute Gasteiger partial charge is 0.319 e. The van der Waals surface area contributed by atoms with Gasteiger partial charge >= 0.3 is 0 Å². The van der Waals surface area contributed by atoms with E-state index in [4.69, 9.17) is 5.73 Å². The summed E-state index contributed by atoms with van der Waals surface area (Å²) < 4.78 is 0. The van der Waals surface area contributed by atoms with E-state index < -0.39 is 5.54 Å². The maximum Gasteiger partial charge on any atom is 0.148 e. The Balaban J connectivity index is 3.31. The topological polar surface area (TPSA) is 51.8 Å². The summed E-state index contributed by atoms with van der Waals surface area (Å²) in [5, 5.41) is 0. The van der Waals surface area contributed by atoms with E-state index in [0.29, 0.717) is 11.8 Å². The summed E-state index contributed by atoms with van der Waals surface area (Å²) in [5.74, 6) is 1.58. The molecule has 3 nitrogen and oxygen atoms in total. The number of nitrogens with two attached hydrogens (primary N) is 1. The maximum absolute atomic E-state index is 6.25. The van der Waals surface area contributed by atoms with E-state index in [1.165, 1.54) is 0 Å². The van der Waals surface area contributed by atoms with Crippen molar-refractivity contribution in [1.82, 2.24) is 9.97 Å². The smallest absolute Gasteiger partial charge is 0.148 e. The molecule has 0 fully saturated rings. The zero-order valence-corrected chi connectivity index (χ0v) is 11.9. The minimum Gasteiger partial charge on any atom is -0.319 e. The minimum atomic E-state index is -0.436. The van der Waals surface area contributed by atoms with Gasteiger partial charge in [-0.2, -0.15) is 0 Å². The van der Waals surface area contributed by atoms with Gasteiger partial charge in [0.15, 0.2) is 0 Å². The van der Waals surface area contributed by atoms with Gasteiger partial charge in [-0.15, -0.1) is 0 Å². The van der Waals surface area contributed by atoms with Crippen molar-refractivity contribution >= 4 is 0 Å². The Morgan fingerprint density at radius 1 is 1.12 bits per heavy atom. The van der Waals surface area contributed by atoms with Crippen LogP contribution in [0.5, 0.6) is 0 Å². The average Bonchev–Trinajstić information content (AvgIpc) is 2.28. The number of nitrogens with zero attached hydrogens (tertiary/aromatic N) is 2. The number of aromatic nitrogens is 2. The Kier molecular flexibility index (Phi) is 4.26. The Labute approximate surface area is 105 Å². The van der Waals surface area contributed by atoms with E-state index in [1.54, 1.807) is 0 Å². The molecule has 0 aromatic carbocycles. The van der Waals surface area contributed by atoms with Gasteiger partial charge in [-0.05, 0) is 31.2 Å². The van der Waals surface area contributed by atoms with Gasteiger partial charge in [0.25, 0.3) is 0 Å². The number of hydrogen-bond donors (Lipinski definition) is 1. The summed E-state index contributed by atoms with van der Waals surface area (Å²) in [6, 6.07) is 2.10. The highest BCUT2D eigenvalue weighted by Gasteiger charge is 2.24. The fourth-order valence-corrected chi connectivity index (χ4v) is 1.49. The van der Waals surface area contributed by atoms with Gasteiger partial charge in [0.2, 0.25) is 0 Å². The molecule has 0 aliphatic rings. The number of rotatable bonds is 4. The lowest BCUT2D eigenvalue weighted by molar-refractivity contribution is 0.439. The summed E-state index contributed by atoms with van der Waals surface area (Å²) in [7, 11) is 0. The fourth-order valence-electron chi connectivity index (χ4n) is 1.49. The number of hydrogen-bond acceptors (Lipinski definition) is 3. The minimum absolute atomic E-state index is 0.405. The molecule has 0 amide bonds. The Morgan fingerprint density at radius 3 is 1.82 bits per heavy atom. The van der Waals surface area contributed by atoms with Crippen molar-refractivity contribution in [3.8, 4) is 0 Å². The fraction of sp³-hybridized carbons (Fsp3) is 0.714. The Bertz CT molecular complexity index is 355. The molecule has 0 saturated heterocycles. The zero-order chi connectivity index (χ0) is 13.2. The first-order valence-electron chi connectivity index (χ1n) is 6.46. The Morgan fingerprint density at radius 2 is 1.53 bits per heavy atom. The summed E-state index contributed by atoms with van der Waals surface area (Å²) in [4.78, 5) is 9.24. The van der Waals surface area contributed by atoms with Gasteiger partial charge in [0.1, 0.15) is 5.82 Å². The average molecular weight is 235 g/mol. The van der Waals surface area contributed by atoms with Gasteiger partial charge in [0, 0.05) is 11.4 Å². The van der Waals surface area contributed by atoms with Crippen LogP contribution in [-0.2, 0) is 5.54 Å². The van der Waals surface area contributed by atoms with E-state index in [2.05, 4.69) is 50.7 Å². The van der Waals surface area contributed by atoms with Crippen LogP contribution in [0.4, 0.5) is 0 Å². The summed E-state index contributed by atoms with van der Waals surface area (Å²) >= 11 is 0. The normalized spacial score (nSPS) is 15.4. The van der Waals surface area contributed by atoms with Crippen molar-refractivity contribution in [2.24, 2.45) is 5.73 Å². The van der Waals surface area contributed by atoms with Crippen LogP contribution in [0.25, 0.3) is 0 Å². The SMILES string of the molecule is CCC(C)(N)c1nc(C(C)C)cc(C(C)C)n1. The zero-order valence-electron chi connectivity index (χ0n) is 11.9. The molecule has 3 heteroatoms. The second kappa shape index (κ2) is 5.13. The molecule has 0 saturated carbocycles. The lowest BCUT2D eigenvalue weighted by Gasteiger charge is -2.23. The van der Waals surface area contributed by atoms with Crippen molar-refractivity contribution in [3.05, 3.63) is 23.3 Å². The predicted molar refractivity (Wildman–Crippen MR) is 72.0 cm³/mol. The molecule has 1 aromatic heterocycles. The van der Waals surface area contributed by atoms with E-state index in [0.717, 1.165) is 23.6 Å². The monoisotopic (exact) mass is 235 g/mol. The molecule has 0 radical (unpaired) electrons. The lowest BCUT2D eigenvalue weighted by atomic mass is 9.97. The molecule has 1 aromatic rings. The first-order chi connectivity index (χ1) is 7.77. The summed E-state index contributed by atoms with van der Waals surface area (Å²) in [6.45, 7) is 12.7. The van der Waals surface area contributed by atoms with Crippen molar-refractivity contribution in [2.45, 2.75) is 65.3 Å². The molecule has 1 rings (SSSR count). The van der Waals surface area contributed by atoms with Crippen molar-refractivity contribution in [3.63, 3.8) is 0 Å². The molecule has 0 aliphatic carbocycles. The van der Waals surface area contributed by atoms with Crippen LogP contribution < -0.4 is 5.73 Å². The van der Waals surface area contributed by atoms with E-state index in [-0.39, 0.29) is 0 Å². The van der Waals surface area contributed by atoms with Crippen LogP contribution in [0.15, 0.2) is 6.07 Å². The molecule has 96 valence electrons. The molecule has 0 bridgehead atoms. The summed E-state index contributed by atoms with van der Waals surface area (Å²) in [6.07, 6.45) is 0.839. The van der Waals surface area contributed by atoms with Crippen LogP contribution in [0.2, 0.25) is 0 Å². The van der Waals surface area contributed by atoms with Gasteiger partial charge in [0.05, 0.1) is 5.54 Å². The van der Waals surface area contributed by atoms with Crippen LogP contribution in [0, 0.1) is 0 Å². The molecule has 1 unspecified atom stereocenters. The molecule has 0 aliphatic heterocycles. The third-order valence-electron chi connectivity index (χ3n) is 3.19. The molecular weight excluding hydrogens is 210 g/mol. The van der Waals surface area contributed by atoms with E-state index in [9.17, 15) is 0 Å². The molecule has 2 N–H and O–H groups in total. The van der Waals surface area contributed by atoms with Gasteiger partial charge in [-0.25, -0.2) is 9.97 Å². The van der Waals surface area contributed by atoms with Gasteiger partial charge in [-0.1, -0.05) is 34.6 Å². The van der Waals surface area contributed by atoms with Crippen LogP contribution in [0.3, 0.4) is 0 Å². The molecule has 1 atom stereocenters. The van der Waals surface area contributed by atoms with Crippen molar-refractivity contribution in [1.29, 1.82) is 0 Å². The standard InChI is InChI=1S/C14H25N3/c1-7-14(6,15)13-16-11(9(2)3)8-12(17-13)10(4)5/h8-10H,7,15H2,1-6H3. The maximum atomic E-state index is 6.25. The van der Waals surface area contributed by atoms with Crippen molar-refractivity contribution in [2.75, 3.05) is 0 Å². The second-order valence-electron chi connectivity index (χ2n) is 5.62. The molecular formula is C14H25N3. The second-order valence-corrected chi connectivity index (χ2v) is 5.62. The third-order valence-corrected chi connectivity index (χ3v) is 3.19. The van der Waals surface area contributed by atoms with Gasteiger partial charge < -0.3 is 5.73 Å². The van der Waals surface area contributed by atoms with E-state index >= 15 is 0 Å². The predicted octanol–water partition coefficient (Wildman–Crippen LogP) is 3.31. The lowest BCUT2D eigenvalue weighted by Crippen LogP contribution is -2.35. The van der Waals surface area contributed by atoms with E-state index in [1.807, 2.05) is 6.92 Å². The third kappa shape index (κ3) is 3.25. The first kappa shape index (κ1) is 14.1. The van der Waals surface area contributed by atoms with Gasteiger partial charge in [-0.3, -0.25) is 0 Å². The first-order valence-corrected chi connectivity index (χ1v) is 6.46. The highest BCUT2D eigenvalue weighted by molar-refractivity contribution is 5.19. The highest BCUT2D eigenvalue weighted by atomic mass is 15.0. The van der Waals surface area contributed by atoms with Crippen LogP contribution >= 0.6 is 0 Å². The highest BCUT2D eigenvalue weighted by Crippen LogP contribution is 2.23. The quantitative estimate of drug-likeness (QED) is 0.871. The molecule has 0 spiro atoms.